The molecule has 1 fully saturated rings. The van der Waals surface area contributed by atoms with Gasteiger partial charge >= 0.3 is 0 Å². The van der Waals surface area contributed by atoms with Crippen LogP contribution in [0.5, 0.6) is 0 Å². The van der Waals surface area contributed by atoms with Crippen LogP contribution in [0.2, 0.25) is 0 Å². The van der Waals surface area contributed by atoms with Gasteiger partial charge < -0.3 is 15.1 Å². The Labute approximate surface area is 167 Å². The quantitative estimate of drug-likeness (QED) is 0.551. The fourth-order valence-electron chi connectivity index (χ4n) is 3.47. The molecule has 0 aliphatic carbocycles. The molecule has 0 aromatic carbocycles. The number of furan rings is 1. The van der Waals surface area contributed by atoms with E-state index in [9.17, 15) is 0 Å². The highest BCUT2D eigenvalue weighted by atomic mass is 16.3. The highest BCUT2D eigenvalue weighted by Gasteiger charge is 2.22. The number of pyridine rings is 1. The average Bonchev–Trinajstić information content (AvgIpc) is 3.38. The minimum Gasteiger partial charge on any atom is -0.461 e. The van der Waals surface area contributed by atoms with Gasteiger partial charge in [0.2, 0.25) is 17.7 Å². The van der Waals surface area contributed by atoms with Gasteiger partial charge in [0, 0.05) is 38.9 Å². The van der Waals surface area contributed by atoms with Crippen LogP contribution < -0.4 is 10.6 Å². The Morgan fingerprint density at radius 2 is 1.97 bits per heavy atom. The minimum absolute atomic E-state index is 0.252. The third kappa shape index (κ3) is 3.49. The zero-order chi connectivity index (χ0) is 19.8. The number of nitrogens with two attached hydrogens (primary N) is 1. The van der Waals surface area contributed by atoms with Gasteiger partial charge in [-0.05, 0) is 36.8 Å². The molecule has 2 N–H and O–H groups in total. The maximum absolute atomic E-state index is 6.11. The van der Waals surface area contributed by atoms with Crippen LogP contribution in [0, 0.1) is 6.92 Å². The van der Waals surface area contributed by atoms with E-state index in [1.54, 1.807) is 18.4 Å². The number of piperazine rings is 1. The molecule has 0 amide bonds. The summed E-state index contributed by atoms with van der Waals surface area (Å²) in [7, 11) is 0. The van der Waals surface area contributed by atoms with Gasteiger partial charge in [0.15, 0.2) is 5.76 Å². The van der Waals surface area contributed by atoms with E-state index < -0.39 is 0 Å². The van der Waals surface area contributed by atoms with Crippen molar-refractivity contribution in [3.8, 4) is 11.6 Å². The molecule has 0 saturated carbocycles. The Morgan fingerprint density at radius 1 is 1.10 bits per heavy atom. The van der Waals surface area contributed by atoms with Crippen LogP contribution >= 0.6 is 0 Å². The number of nitrogen functional groups attached to an aromatic ring is 1. The number of hydrogen-bond acceptors (Lipinski definition) is 9. The molecule has 0 bridgehead atoms. The lowest BCUT2D eigenvalue weighted by Gasteiger charge is -2.34. The van der Waals surface area contributed by atoms with Gasteiger partial charge in [0.25, 0.3) is 5.78 Å². The van der Waals surface area contributed by atoms with Crippen LogP contribution in [0.4, 0.5) is 11.9 Å². The number of aryl methyl sites for hydroxylation is 1. The van der Waals surface area contributed by atoms with E-state index in [4.69, 9.17) is 10.2 Å². The summed E-state index contributed by atoms with van der Waals surface area (Å²) in [5.41, 5.74) is 8.43. The van der Waals surface area contributed by atoms with Gasteiger partial charge in [-0.15, -0.1) is 5.10 Å². The molecule has 29 heavy (non-hydrogen) atoms. The van der Waals surface area contributed by atoms with E-state index in [1.807, 2.05) is 12.3 Å². The number of rotatable bonds is 4. The van der Waals surface area contributed by atoms with Gasteiger partial charge in [-0.1, -0.05) is 0 Å². The predicted octanol–water partition coefficient (Wildman–Crippen LogP) is 1.39. The highest BCUT2D eigenvalue weighted by molar-refractivity contribution is 5.53. The summed E-state index contributed by atoms with van der Waals surface area (Å²) < 4.78 is 6.79. The maximum Gasteiger partial charge on any atom is 0.259 e. The van der Waals surface area contributed by atoms with Crippen molar-refractivity contribution in [1.29, 1.82) is 0 Å². The van der Waals surface area contributed by atoms with E-state index in [0.29, 0.717) is 23.3 Å². The summed E-state index contributed by atoms with van der Waals surface area (Å²) in [5.74, 6) is 2.23. The third-order valence-electron chi connectivity index (χ3n) is 4.98. The third-order valence-corrected chi connectivity index (χ3v) is 4.98. The predicted molar refractivity (Wildman–Crippen MR) is 107 cm³/mol. The summed E-state index contributed by atoms with van der Waals surface area (Å²) >= 11 is 0. The van der Waals surface area contributed by atoms with Crippen LogP contribution in [0.25, 0.3) is 17.4 Å². The molecule has 0 spiro atoms. The molecule has 0 radical (unpaired) electrons. The average molecular weight is 391 g/mol. The van der Waals surface area contributed by atoms with Gasteiger partial charge in [0.05, 0.1) is 12.0 Å². The lowest BCUT2D eigenvalue weighted by molar-refractivity contribution is 0.246. The first kappa shape index (κ1) is 17.6. The molecule has 1 aliphatic heterocycles. The van der Waals surface area contributed by atoms with E-state index in [2.05, 4.69) is 47.8 Å². The molecule has 0 atom stereocenters. The van der Waals surface area contributed by atoms with E-state index in [1.165, 1.54) is 10.1 Å². The molecular weight excluding hydrogens is 370 g/mol. The van der Waals surface area contributed by atoms with Crippen molar-refractivity contribution >= 4 is 17.7 Å². The Kier molecular flexibility index (Phi) is 4.32. The standard InChI is InChI=1S/C19H21N9O/c1-13-4-5-21-14(11-13)12-26-6-8-27(9-7-26)18-23-17(20)28-19(24-18)22-16(25-28)15-3-2-10-29-15/h2-5,10-11H,6-9,12H2,1H3,(H2,20,22,23,24,25). The second kappa shape index (κ2) is 7.13. The highest BCUT2D eigenvalue weighted by Crippen LogP contribution is 2.19. The van der Waals surface area contributed by atoms with Crippen LogP contribution in [0.3, 0.4) is 0 Å². The normalized spacial score (nSPS) is 15.3. The Hall–Kier alpha value is -3.53. The second-order valence-electron chi connectivity index (χ2n) is 7.09. The van der Waals surface area contributed by atoms with Crippen LogP contribution in [-0.2, 0) is 6.54 Å². The van der Waals surface area contributed by atoms with Gasteiger partial charge in [-0.25, -0.2) is 0 Å². The van der Waals surface area contributed by atoms with Crippen molar-refractivity contribution in [3.63, 3.8) is 0 Å². The van der Waals surface area contributed by atoms with Crippen LogP contribution in [-0.4, -0.2) is 60.6 Å². The lowest BCUT2D eigenvalue weighted by atomic mass is 10.2. The Morgan fingerprint density at radius 3 is 2.72 bits per heavy atom. The first-order valence-corrected chi connectivity index (χ1v) is 9.49. The maximum atomic E-state index is 6.11. The van der Waals surface area contributed by atoms with Crippen molar-refractivity contribution < 1.29 is 4.42 Å². The number of nitrogens with zero attached hydrogens (tertiary/aromatic N) is 8. The minimum atomic E-state index is 0.252. The van der Waals surface area contributed by atoms with Crippen LogP contribution in [0.1, 0.15) is 11.3 Å². The molecule has 1 saturated heterocycles. The molecule has 10 heteroatoms. The molecule has 0 unspecified atom stereocenters. The summed E-state index contributed by atoms with van der Waals surface area (Å²) in [5, 5.41) is 4.34. The fourth-order valence-corrected chi connectivity index (χ4v) is 3.47. The second-order valence-corrected chi connectivity index (χ2v) is 7.09. The monoisotopic (exact) mass is 391 g/mol. The van der Waals surface area contributed by atoms with Gasteiger partial charge in [-0.3, -0.25) is 9.88 Å². The molecule has 5 heterocycles. The number of fused-ring (bicyclic) bond motifs is 1. The van der Waals surface area contributed by atoms with Crippen molar-refractivity contribution in [2.75, 3.05) is 36.8 Å². The lowest BCUT2D eigenvalue weighted by Crippen LogP contribution is -2.46. The van der Waals surface area contributed by atoms with Crippen molar-refractivity contribution in [1.82, 2.24) is 34.4 Å². The van der Waals surface area contributed by atoms with Gasteiger partial charge in [-0.2, -0.15) is 19.5 Å². The summed E-state index contributed by atoms with van der Waals surface area (Å²) in [6.45, 7) is 6.33. The summed E-state index contributed by atoms with van der Waals surface area (Å²) in [6.07, 6.45) is 3.44. The largest absolute Gasteiger partial charge is 0.461 e. The molecule has 4 aromatic heterocycles. The van der Waals surface area contributed by atoms with E-state index >= 15 is 0 Å². The summed E-state index contributed by atoms with van der Waals surface area (Å²) in [4.78, 5) is 22.4. The molecule has 148 valence electrons. The zero-order valence-corrected chi connectivity index (χ0v) is 16.1. The zero-order valence-electron chi connectivity index (χ0n) is 16.1. The van der Waals surface area contributed by atoms with Gasteiger partial charge in [0.1, 0.15) is 0 Å². The molecule has 5 rings (SSSR count). The first-order valence-electron chi connectivity index (χ1n) is 9.49. The molecule has 10 nitrogen and oxygen atoms in total. The fraction of sp³-hybridized carbons (Fsp3) is 0.316. The van der Waals surface area contributed by atoms with E-state index in [-0.39, 0.29) is 5.95 Å². The van der Waals surface area contributed by atoms with Crippen molar-refractivity contribution in [2.24, 2.45) is 0 Å². The number of anilines is 2. The first-order chi connectivity index (χ1) is 14.2. The Bertz CT molecular complexity index is 1130. The summed E-state index contributed by atoms with van der Waals surface area (Å²) in [6, 6.07) is 7.72. The van der Waals surface area contributed by atoms with Crippen LogP contribution in [0.15, 0.2) is 41.1 Å². The molecule has 4 aromatic rings. The number of hydrogen-bond donors (Lipinski definition) is 1. The number of aromatic nitrogens is 6. The SMILES string of the molecule is Cc1ccnc(CN2CCN(c3nc(N)n4nc(-c5ccco5)nc4n3)CC2)c1. The van der Waals surface area contributed by atoms with Crippen molar-refractivity contribution in [3.05, 3.63) is 48.0 Å². The topological polar surface area (TPSA) is 114 Å². The van der Waals surface area contributed by atoms with E-state index in [0.717, 1.165) is 38.4 Å². The van der Waals surface area contributed by atoms with Crippen molar-refractivity contribution in [2.45, 2.75) is 13.5 Å². The Balaban J connectivity index is 1.31. The molecule has 1 aliphatic rings. The smallest absolute Gasteiger partial charge is 0.259 e. The molecular formula is C19H21N9O.